The van der Waals surface area contributed by atoms with Crippen LogP contribution >= 0.6 is 11.6 Å². The number of anilines is 2. The Morgan fingerprint density at radius 3 is 2.54 bits per heavy atom. The minimum atomic E-state index is -0.565. The third kappa shape index (κ3) is 6.07. The number of carbonyl (C=O) groups excluding carboxylic acids is 3. The standard InChI is InChI=1S/C28H33ClN6O4/c1-34(2)16-20-5-4-14-35(20)28(38)18-9-7-17(8-10-18)26(36)33-24-23-21(6-3-13-30-23)39-25(24)27(37)32-22-12-11-19(29)15-31-22/h3,6,11-13,15,17-18,20H,4-5,7-10,14,16H2,1-2H3,(H,33,36)(H,31,32,37). The third-order valence-corrected chi connectivity index (χ3v) is 7.78. The van der Waals surface area contributed by atoms with Gasteiger partial charge >= 0.3 is 0 Å². The highest BCUT2D eigenvalue weighted by Crippen LogP contribution is 2.35. The predicted octanol–water partition coefficient (Wildman–Crippen LogP) is 4.43. The topological polar surface area (TPSA) is 121 Å². The Hall–Kier alpha value is -3.50. The lowest BCUT2D eigenvalue weighted by atomic mass is 9.80. The summed E-state index contributed by atoms with van der Waals surface area (Å²) in [5.41, 5.74) is 1.00. The molecule has 3 amide bonds. The summed E-state index contributed by atoms with van der Waals surface area (Å²) in [5.74, 6) is -0.639. The molecule has 2 fully saturated rings. The van der Waals surface area contributed by atoms with Crippen molar-refractivity contribution >= 4 is 51.9 Å². The summed E-state index contributed by atoms with van der Waals surface area (Å²) >= 11 is 5.89. The summed E-state index contributed by atoms with van der Waals surface area (Å²) < 4.78 is 5.79. The molecule has 39 heavy (non-hydrogen) atoms. The smallest absolute Gasteiger partial charge is 0.294 e. The molecule has 10 nitrogen and oxygen atoms in total. The molecule has 0 bridgehead atoms. The SMILES string of the molecule is CN(C)CC1CCCN1C(=O)C1CCC(C(=O)Nc2c(C(=O)Nc3ccc(Cl)cn3)oc3cccnc23)CC1. The Morgan fingerprint density at radius 1 is 1.05 bits per heavy atom. The number of hydrogen-bond acceptors (Lipinski definition) is 7. The van der Waals surface area contributed by atoms with Gasteiger partial charge in [0.1, 0.15) is 17.0 Å². The largest absolute Gasteiger partial charge is 0.447 e. The van der Waals surface area contributed by atoms with E-state index >= 15 is 0 Å². The number of pyridine rings is 2. The van der Waals surface area contributed by atoms with Gasteiger partial charge in [-0.2, -0.15) is 0 Å². The lowest BCUT2D eigenvalue weighted by Gasteiger charge is -2.33. The second-order valence-electron chi connectivity index (χ2n) is 10.6. The molecule has 11 heteroatoms. The highest BCUT2D eigenvalue weighted by Gasteiger charge is 2.37. The number of nitrogens with one attached hydrogen (secondary N) is 2. The number of nitrogens with zero attached hydrogens (tertiary/aromatic N) is 4. The van der Waals surface area contributed by atoms with Crippen molar-refractivity contribution in [1.29, 1.82) is 0 Å². The monoisotopic (exact) mass is 552 g/mol. The summed E-state index contributed by atoms with van der Waals surface area (Å²) in [7, 11) is 4.07. The van der Waals surface area contributed by atoms with E-state index in [4.69, 9.17) is 16.0 Å². The molecular weight excluding hydrogens is 520 g/mol. The van der Waals surface area contributed by atoms with Gasteiger partial charge in [0.05, 0.1) is 5.02 Å². The van der Waals surface area contributed by atoms with E-state index in [1.807, 2.05) is 14.1 Å². The molecule has 1 unspecified atom stereocenters. The van der Waals surface area contributed by atoms with E-state index in [2.05, 4.69) is 30.4 Å². The molecule has 0 aromatic carbocycles. The van der Waals surface area contributed by atoms with Gasteiger partial charge in [0.15, 0.2) is 5.58 Å². The summed E-state index contributed by atoms with van der Waals surface area (Å²) in [6.07, 6.45) is 7.63. The van der Waals surface area contributed by atoms with Crippen LogP contribution in [0.2, 0.25) is 5.02 Å². The van der Waals surface area contributed by atoms with Crippen molar-refractivity contribution in [2.45, 2.75) is 44.6 Å². The number of hydrogen-bond donors (Lipinski definition) is 2. The number of carbonyl (C=O) groups is 3. The fourth-order valence-corrected chi connectivity index (χ4v) is 5.74. The van der Waals surface area contributed by atoms with Crippen LogP contribution in [0, 0.1) is 11.8 Å². The van der Waals surface area contributed by atoms with Crippen molar-refractivity contribution in [1.82, 2.24) is 19.8 Å². The van der Waals surface area contributed by atoms with Gasteiger partial charge in [-0.25, -0.2) is 4.98 Å². The number of aromatic nitrogens is 2. The maximum atomic E-state index is 13.3. The molecular formula is C28H33ClN6O4. The number of halogens is 1. The van der Waals surface area contributed by atoms with Crippen molar-refractivity contribution < 1.29 is 18.8 Å². The van der Waals surface area contributed by atoms with E-state index in [1.165, 1.54) is 6.20 Å². The first-order valence-electron chi connectivity index (χ1n) is 13.4. The van der Waals surface area contributed by atoms with Gasteiger partial charge in [-0.3, -0.25) is 19.4 Å². The van der Waals surface area contributed by atoms with Crippen LogP contribution in [0.3, 0.4) is 0 Å². The number of amides is 3. The molecule has 1 aliphatic carbocycles. The Kier molecular flexibility index (Phi) is 8.13. The molecule has 5 rings (SSSR count). The van der Waals surface area contributed by atoms with Gasteiger partial charge in [-0.05, 0) is 76.9 Å². The minimum Gasteiger partial charge on any atom is -0.447 e. The molecule has 4 heterocycles. The summed E-state index contributed by atoms with van der Waals surface area (Å²) in [4.78, 5) is 52.3. The van der Waals surface area contributed by atoms with E-state index in [0.717, 1.165) is 25.9 Å². The molecule has 2 aliphatic rings. The van der Waals surface area contributed by atoms with Crippen molar-refractivity contribution in [2.75, 3.05) is 37.8 Å². The molecule has 2 N–H and O–H groups in total. The van der Waals surface area contributed by atoms with Crippen LogP contribution < -0.4 is 10.6 Å². The molecule has 1 saturated heterocycles. The highest BCUT2D eigenvalue weighted by atomic mass is 35.5. The first-order valence-corrected chi connectivity index (χ1v) is 13.7. The zero-order valence-electron chi connectivity index (χ0n) is 22.2. The van der Waals surface area contributed by atoms with Crippen LogP contribution in [-0.2, 0) is 9.59 Å². The van der Waals surface area contributed by atoms with Crippen LogP contribution in [0.15, 0.2) is 41.1 Å². The predicted molar refractivity (Wildman–Crippen MR) is 149 cm³/mol. The average Bonchev–Trinajstić information content (AvgIpc) is 3.54. The van der Waals surface area contributed by atoms with E-state index < -0.39 is 5.91 Å². The number of rotatable bonds is 7. The van der Waals surface area contributed by atoms with Crippen molar-refractivity contribution in [2.24, 2.45) is 11.8 Å². The van der Waals surface area contributed by atoms with Crippen molar-refractivity contribution in [3.05, 3.63) is 47.4 Å². The van der Waals surface area contributed by atoms with Gasteiger partial charge in [-0.1, -0.05) is 11.6 Å². The van der Waals surface area contributed by atoms with Crippen LogP contribution in [0.1, 0.15) is 49.1 Å². The molecule has 1 atom stereocenters. The zero-order valence-corrected chi connectivity index (χ0v) is 22.9. The van der Waals surface area contributed by atoms with Crippen LogP contribution in [0.25, 0.3) is 11.1 Å². The number of fused-ring (bicyclic) bond motifs is 1. The molecule has 0 radical (unpaired) electrons. The Balaban J connectivity index is 1.25. The summed E-state index contributed by atoms with van der Waals surface area (Å²) in [5, 5.41) is 6.03. The molecule has 206 valence electrons. The fraction of sp³-hybridized carbons (Fsp3) is 0.464. The normalized spacial score (nSPS) is 21.3. The number of furan rings is 1. The zero-order chi connectivity index (χ0) is 27.5. The third-order valence-electron chi connectivity index (χ3n) is 7.55. The Bertz CT molecular complexity index is 1350. The van der Waals surface area contributed by atoms with Crippen LogP contribution in [0.4, 0.5) is 11.5 Å². The Morgan fingerprint density at radius 2 is 1.82 bits per heavy atom. The van der Waals surface area contributed by atoms with E-state index in [9.17, 15) is 14.4 Å². The quantitative estimate of drug-likeness (QED) is 0.445. The van der Waals surface area contributed by atoms with E-state index in [1.54, 1.807) is 30.5 Å². The number of likely N-dealkylation sites (tertiary alicyclic amines) is 1. The van der Waals surface area contributed by atoms with Crippen molar-refractivity contribution in [3.63, 3.8) is 0 Å². The van der Waals surface area contributed by atoms with E-state index in [0.29, 0.717) is 47.6 Å². The van der Waals surface area contributed by atoms with Gasteiger partial charge < -0.3 is 24.9 Å². The molecule has 3 aromatic rings. The summed E-state index contributed by atoms with van der Waals surface area (Å²) in [6.45, 7) is 1.69. The first kappa shape index (κ1) is 27.1. The highest BCUT2D eigenvalue weighted by molar-refractivity contribution is 6.30. The van der Waals surface area contributed by atoms with Crippen LogP contribution in [0.5, 0.6) is 0 Å². The molecule has 0 spiro atoms. The average molecular weight is 553 g/mol. The maximum Gasteiger partial charge on any atom is 0.294 e. The minimum absolute atomic E-state index is 0.0542. The van der Waals surface area contributed by atoms with Crippen molar-refractivity contribution in [3.8, 4) is 0 Å². The van der Waals surface area contributed by atoms with Gasteiger partial charge in [0, 0.05) is 43.4 Å². The summed E-state index contributed by atoms with van der Waals surface area (Å²) in [6, 6.07) is 6.84. The lowest BCUT2D eigenvalue weighted by molar-refractivity contribution is -0.138. The second kappa shape index (κ2) is 11.7. The molecule has 1 aliphatic heterocycles. The van der Waals surface area contributed by atoms with Crippen LogP contribution in [-0.4, -0.2) is 70.7 Å². The molecule has 1 saturated carbocycles. The number of likely N-dealkylation sites (N-methyl/N-ethyl adjacent to an activating group) is 1. The maximum absolute atomic E-state index is 13.3. The molecule has 3 aromatic heterocycles. The second-order valence-corrected chi connectivity index (χ2v) is 11.0. The van der Waals surface area contributed by atoms with E-state index in [-0.39, 0.29) is 41.1 Å². The van der Waals surface area contributed by atoms with Gasteiger partial charge in [-0.15, -0.1) is 0 Å². The Labute approximate surface area is 232 Å². The first-order chi connectivity index (χ1) is 18.8. The fourth-order valence-electron chi connectivity index (χ4n) is 5.63. The lowest BCUT2D eigenvalue weighted by Crippen LogP contribution is -2.45. The van der Waals surface area contributed by atoms with Gasteiger partial charge in [0.25, 0.3) is 5.91 Å². The van der Waals surface area contributed by atoms with Gasteiger partial charge in [0.2, 0.25) is 17.6 Å².